The summed E-state index contributed by atoms with van der Waals surface area (Å²) in [5.41, 5.74) is 5.51. The van der Waals surface area contributed by atoms with E-state index in [1.165, 1.54) is 0 Å². The number of pyridine rings is 1. The Hall–Kier alpha value is -4.00. The molecular weight excluding hydrogens is 438 g/mol. The molecule has 0 aliphatic heterocycles. The molecule has 180 valence electrons. The van der Waals surface area contributed by atoms with E-state index in [9.17, 15) is 9.59 Å². The molecule has 0 aliphatic rings. The number of aryl methyl sites for hydroxylation is 1. The fourth-order valence-electron chi connectivity index (χ4n) is 4.20. The molecule has 0 radical (unpaired) electrons. The Bertz CT molecular complexity index is 1390. The third-order valence-electron chi connectivity index (χ3n) is 6.18. The highest BCUT2D eigenvalue weighted by atomic mass is 16.2. The third-order valence-corrected chi connectivity index (χ3v) is 6.18. The maximum Gasteiger partial charge on any atom is 0.256 e. The van der Waals surface area contributed by atoms with Gasteiger partial charge in [0, 0.05) is 37.3 Å². The molecule has 4 rings (SSSR count). The number of nitrogens with one attached hydrogen (secondary N) is 1. The van der Waals surface area contributed by atoms with Gasteiger partial charge in [0.1, 0.15) is 0 Å². The van der Waals surface area contributed by atoms with Crippen molar-refractivity contribution in [3.63, 3.8) is 0 Å². The number of carbonyl (C=O) groups is 2. The first-order chi connectivity index (χ1) is 16.8. The van der Waals surface area contributed by atoms with Crippen LogP contribution in [0.25, 0.3) is 22.3 Å². The Morgan fingerprint density at radius 1 is 1.09 bits per heavy atom. The summed E-state index contributed by atoms with van der Waals surface area (Å²) in [6, 6.07) is 17.5. The van der Waals surface area contributed by atoms with Crippen LogP contribution in [0.3, 0.4) is 0 Å². The minimum atomic E-state index is -0.242. The monoisotopic (exact) mass is 469 g/mol. The van der Waals surface area contributed by atoms with Gasteiger partial charge in [0.25, 0.3) is 5.91 Å². The molecule has 0 saturated heterocycles. The quantitative estimate of drug-likeness (QED) is 0.382. The molecule has 2 heterocycles. The molecule has 7 nitrogen and oxygen atoms in total. The molecule has 0 bridgehead atoms. The molecule has 7 heteroatoms. The molecule has 4 aromatic rings. The van der Waals surface area contributed by atoms with E-state index in [1.54, 1.807) is 18.0 Å². The van der Waals surface area contributed by atoms with Gasteiger partial charge in [-0.2, -0.15) is 5.10 Å². The fraction of sp³-hybridized carbons (Fsp3) is 0.286. The number of aromatic nitrogens is 3. The van der Waals surface area contributed by atoms with Crippen molar-refractivity contribution in [3.8, 4) is 11.3 Å². The summed E-state index contributed by atoms with van der Waals surface area (Å²) in [5, 5.41) is 8.30. The lowest BCUT2D eigenvalue weighted by Crippen LogP contribution is -2.28. The number of para-hydroxylation sites is 1. The van der Waals surface area contributed by atoms with Gasteiger partial charge in [0.2, 0.25) is 5.91 Å². The minimum absolute atomic E-state index is 0.00607. The van der Waals surface area contributed by atoms with E-state index in [0.29, 0.717) is 35.4 Å². The molecule has 0 aliphatic carbocycles. The third kappa shape index (κ3) is 4.94. The average Bonchev–Trinajstić information content (AvgIpc) is 3.27. The van der Waals surface area contributed by atoms with Gasteiger partial charge < -0.3 is 10.2 Å². The number of hydrogen-bond donors (Lipinski definition) is 1. The topological polar surface area (TPSA) is 80.1 Å². The summed E-state index contributed by atoms with van der Waals surface area (Å²) in [5.74, 6) is -0.248. The van der Waals surface area contributed by atoms with E-state index in [2.05, 4.69) is 10.4 Å². The largest absolute Gasteiger partial charge is 0.339 e. The number of benzene rings is 2. The molecule has 0 saturated carbocycles. The van der Waals surface area contributed by atoms with Gasteiger partial charge in [0.15, 0.2) is 5.65 Å². The van der Waals surface area contributed by atoms with E-state index >= 15 is 0 Å². The molecule has 1 N–H and O–H groups in total. The number of nitrogens with zero attached hydrogens (tertiary/aromatic N) is 4. The zero-order valence-corrected chi connectivity index (χ0v) is 20.9. The Labute approximate surface area is 205 Å². The van der Waals surface area contributed by atoms with E-state index in [4.69, 9.17) is 4.98 Å². The van der Waals surface area contributed by atoms with Crippen LogP contribution in [0, 0.1) is 6.92 Å². The van der Waals surface area contributed by atoms with Crippen LogP contribution in [0.5, 0.6) is 0 Å². The van der Waals surface area contributed by atoms with Gasteiger partial charge in [-0.05, 0) is 51.0 Å². The van der Waals surface area contributed by atoms with Gasteiger partial charge in [0.05, 0.1) is 22.8 Å². The van der Waals surface area contributed by atoms with Crippen molar-refractivity contribution in [2.45, 2.75) is 47.2 Å². The van der Waals surface area contributed by atoms with Crippen LogP contribution < -0.4 is 5.32 Å². The standard InChI is InChI=1S/C28H31N5O2/c1-6-32(20(5)34)17-21-12-8-10-14-25(21)31-28(35)23-15-26(22-13-9-7-11-19(22)4)30-27-24(23)16-29-33(27)18(2)3/h7-16,18H,6,17H2,1-5H3,(H,31,35). The molecule has 0 atom stereocenters. The predicted molar refractivity (Wildman–Crippen MR) is 139 cm³/mol. The SMILES string of the molecule is CCN(Cc1ccccc1NC(=O)c1cc(-c2ccccc2C)nc2c1cnn2C(C)C)C(C)=O. The average molecular weight is 470 g/mol. The normalized spacial score (nSPS) is 11.1. The lowest BCUT2D eigenvalue weighted by atomic mass is 10.0. The first-order valence-electron chi connectivity index (χ1n) is 11.9. The predicted octanol–water partition coefficient (Wildman–Crippen LogP) is 5.61. The van der Waals surface area contributed by atoms with Crippen LogP contribution in [0.4, 0.5) is 5.69 Å². The van der Waals surface area contributed by atoms with E-state index in [1.807, 2.05) is 87.0 Å². The zero-order valence-electron chi connectivity index (χ0n) is 20.9. The number of anilines is 1. The van der Waals surface area contributed by atoms with E-state index in [0.717, 1.165) is 22.4 Å². The summed E-state index contributed by atoms with van der Waals surface area (Å²) in [6.07, 6.45) is 1.71. The van der Waals surface area contributed by atoms with Crippen molar-refractivity contribution >= 4 is 28.5 Å². The van der Waals surface area contributed by atoms with E-state index < -0.39 is 0 Å². The highest BCUT2D eigenvalue weighted by molar-refractivity contribution is 6.13. The van der Waals surface area contributed by atoms with Crippen LogP contribution in [-0.2, 0) is 11.3 Å². The summed E-state index contributed by atoms with van der Waals surface area (Å²) in [6.45, 7) is 10.6. The maximum atomic E-state index is 13.7. The maximum absolute atomic E-state index is 13.7. The second-order valence-electron chi connectivity index (χ2n) is 8.93. The Kier molecular flexibility index (Phi) is 6.96. The molecule has 2 amide bonds. The summed E-state index contributed by atoms with van der Waals surface area (Å²) in [4.78, 5) is 32.3. The van der Waals surface area contributed by atoms with Crippen LogP contribution in [-0.4, -0.2) is 38.0 Å². The first kappa shape index (κ1) is 24.1. The summed E-state index contributed by atoms with van der Waals surface area (Å²) in [7, 11) is 0. The van der Waals surface area contributed by atoms with Crippen molar-refractivity contribution in [1.82, 2.24) is 19.7 Å². The number of rotatable bonds is 7. The highest BCUT2D eigenvalue weighted by Gasteiger charge is 2.20. The van der Waals surface area contributed by atoms with E-state index in [-0.39, 0.29) is 17.9 Å². The smallest absolute Gasteiger partial charge is 0.256 e. The molecule has 0 spiro atoms. The molecular formula is C28H31N5O2. The summed E-state index contributed by atoms with van der Waals surface area (Å²) < 4.78 is 1.84. The van der Waals surface area contributed by atoms with Gasteiger partial charge in [-0.25, -0.2) is 9.67 Å². The molecule has 0 unspecified atom stereocenters. The van der Waals surface area contributed by atoms with Gasteiger partial charge in [-0.3, -0.25) is 9.59 Å². The Morgan fingerprint density at radius 3 is 2.49 bits per heavy atom. The van der Waals surface area contributed by atoms with Gasteiger partial charge in [-0.1, -0.05) is 42.5 Å². The number of hydrogen-bond acceptors (Lipinski definition) is 4. The lowest BCUT2D eigenvalue weighted by Gasteiger charge is -2.21. The fourth-order valence-corrected chi connectivity index (χ4v) is 4.20. The summed E-state index contributed by atoms with van der Waals surface area (Å²) >= 11 is 0. The van der Waals surface area contributed by atoms with Gasteiger partial charge >= 0.3 is 0 Å². The zero-order chi connectivity index (χ0) is 25.1. The van der Waals surface area contributed by atoms with Crippen LogP contribution in [0.1, 0.15) is 55.2 Å². The highest BCUT2D eigenvalue weighted by Crippen LogP contribution is 2.29. The Balaban J connectivity index is 1.78. The van der Waals surface area contributed by atoms with Crippen molar-refractivity contribution < 1.29 is 9.59 Å². The number of carbonyl (C=O) groups excluding carboxylic acids is 2. The lowest BCUT2D eigenvalue weighted by molar-refractivity contribution is -0.129. The van der Waals surface area contributed by atoms with Crippen molar-refractivity contribution in [3.05, 3.63) is 77.5 Å². The second kappa shape index (κ2) is 10.1. The van der Waals surface area contributed by atoms with Crippen LogP contribution in [0.15, 0.2) is 60.8 Å². The minimum Gasteiger partial charge on any atom is -0.339 e. The molecule has 2 aromatic carbocycles. The van der Waals surface area contributed by atoms with Crippen LogP contribution in [0.2, 0.25) is 0 Å². The van der Waals surface area contributed by atoms with Crippen molar-refractivity contribution in [1.29, 1.82) is 0 Å². The number of fused-ring (bicyclic) bond motifs is 1. The Morgan fingerprint density at radius 2 is 1.80 bits per heavy atom. The second-order valence-corrected chi connectivity index (χ2v) is 8.93. The van der Waals surface area contributed by atoms with Crippen LogP contribution >= 0.6 is 0 Å². The molecule has 35 heavy (non-hydrogen) atoms. The van der Waals surface area contributed by atoms with Crippen molar-refractivity contribution in [2.75, 3.05) is 11.9 Å². The van der Waals surface area contributed by atoms with Crippen molar-refractivity contribution in [2.24, 2.45) is 0 Å². The molecule has 2 aromatic heterocycles. The first-order valence-corrected chi connectivity index (χ1v) is 11.9. The molecule has 0 fully saturated rings. The number of amides is 2. The van der Waals surface area contributed by atoms with Gasteiger partial charge in [-0.15, -0.1) is 0 Å².